The van der Waals surface area contributed by atoms with E-state index in [1.807, 2.05) is 30.3 Å². The Bertz CT molecular complexity index is 623. The molecule has 3 rings (SSSR count). The minimum absolute atomic E-state index is 0.452. The minimum Gasteiger partial charge on any atom is -0.497 e. The van der Waals surface area contributed by atoms with E-state index in [2.05, 4.69) is 12.1 Å². The van der Waals surface area contributed by atoms with Gasteiger partial charge in [0.25, 0.3) is 0 Å². The fourth-order valence-electron chi connectivity index (χ4n) is 3.06. The number of halogens is 1. The summed E-state index contributed by atoms with van der Waals surface area (Å²) in [7, 11) is 1.69. The zero-order valence-electron chi connectivity index (χ0n) is 11.5. The first-order valence-corrected chi connectivity index (χ1v) is 7.23. The summed E-state index contributed by atoms with van der Waals surface area (Å²) in [6, 6.07) is 14.1. The third-order valence-electron chi connectivity index (χ3n) is 4.17. The Morgan fingerprint density at radius 1 is 1.15 bits per heavy atom. The van der Waals surface area contributed by atoms with Gasteiger partial charge in [0.1, 0.15) is 5.75 Å². The highest BCUT2D eigenvalue weighted by Crippen LogP contribution is 2.40. The fraction of sp³-hybridized carbons (Fsp3) is 0.294. The molecular formula is C17H18ClNO. The van der Waals surface area contributed by atoms with Gasteiger partial charge in [-0.05, 0) is 60.2 Å². The van der Waals surface area contributed by atoms with Crippen LogP contribution in [0.2, 0.25) is 5.02 Å². The van der Waals surface area contributed by atoms with Crippen LogP contribution in [0.15, 0.2) is 42.5 Å². The Kier molecular flexibility index (Phi) is 3.45. The maximum absolute atomic E-state index is 6.77. The second-order valence-electron chi connectivity index (χ2n) is 5.35. The maximum Gasteiger partial charge on any atom is 0.119 e. The molecule has 0 heterocycles. The number of benzene rings is 2. The molecule has 2 nitrogen and oxygen atoms in total. The SMILES string of the molecule is COc1ccc2c(c1)C(N)(c1ccc(Cl)cc1)CCC2. The van der Waals surface area contributed by atoms with Crippen LogP contribution in [-0.4, -0.2) is 7.11 Å². The molecule has 0 fully saturated rings. The lowest BCUT2D eigenvalue weighted by atomic mass is 9.73. The smallest absolute Gasteiger partial charge is 0.119 e. The number of nitrogens with two attached hydrogens (primary N) is 1. The van der Waals surface area contributed by atoms with Gasteiger partial charge in [0, 0.05) is 5.02 Å². The lowest BCUT2D eigenvalue weighted by Crippen LogP contribution is -2.41. The number of hydrogen-bond acceptors (Lipinski definition) is 2. The lowest BCUT2D eigenvalue weighted by Gasteiger charge is -2.36. The lowest BCUT2D eigenvalue weighted by molar-refractivity contribution is 0.404. The molecule has 0 spiro atoms. The molecule has 1 aliphatic carbocycles. The van der Waals surface area contributed by atoms with E-state index < -0.39 is 5.54 Å². The molecule has 0 bridgehead atoms. The zero-order chi connectivity index (χ0) is 14.2. The van der Waals surface area contributed by atoms with Crippen LogP contribution < -0.4 is 10.5 Å². The van der Waals surface area contributed by atoms with E-state index in [-0.39, 0.29) is 0 Å². The molecule has 0 amide bonds. The molecule has 1 unspecified atom stereocenters. The van der Waals surface area contributed by atoms with Gasteiger partial charge in [0.2, 0.25) is 0 Å². The number of aryl methyl sites for hydroxylation is 1. The summed E-state index contributed by atoms with van der Waals surface area (Å²) in [6.07, 6.45) is 3.11. The van der Waals surface area contributed by atoms with Crippen LogP contribution in [0.5, 0.6) is 5.75 Å². The monoisotopic (exact) mass is 287 g/mol. The fourth-order valence-corrected chi connectivity index (χ4v) is 3.18. The third kappa shape index (κ3) is 2.19. The van der Waals surface area contributed by atoms with Gasteiger partial charge in [-0.15, -0.1) is 0 Å². The average Bonchev–Trinajstić information content (AvgIpc) is 2.48. The van der Waals surface area contributed by atoms with Crippen LogP contribution in [0.25, 0.3) is 0 Å². The summed E-state index contributed by atoms with van der Waals surface area (Å²) in [4.78, 5) is 0. The van der Waals surface area contributed by atoms with Crippen molar-refractivity contribution < 1.29 is 4.74 Å². The van der Waals surface area contributed by atoms with Crippen molar-refractivity contribution in [2.45, 2.75) is 24.8 Å². The summed E-state index contributed by atoms with van der Waals surface area (Å²) in [5.41, 5.74) is 9.91. The molecule has 1 aliphatic rings. The minimum atomic E-state index is -0.452. The van der Waals surface area contributed by atoms with Gasteiger partial charge in [-0.3, -0.25) is 0 Å². The number of hydrogen-bond donors (Lipinski definition) is 1. The molecule has 0 saturated heterocycles. The van der Waals surface area contributed by atoms with Gasteiger partial charge in [-0.25, -0.2) is 0 Å². The average molecular weight is 288 g/mol. The van der Waals surface area contributed by atoms with Crippen LogP contribution in [0.4, 0.5) is 0 Å². The van der Waals surface area contributed by atoms with Crippen molar-refractivity contribution in [2.75, 3.05) is 7.11 Å². The molecule has 2 aromatic carbocycles. The first kappa shape index (κ1) is 13.5. The quantitative estimate of drug-likeness (QED) is 0.909. The van der Waals surface area contributed by atoms with E-state index in [0.717, 1.165) is 35.6 Å². The number of ether oxygens (including phenoxy) is 1. The van der Waals surface area contributed by atoms with E-state index in [9.17, 15) is 0 Å². The topological polar surface area (TPSA) is 35.2 Å². The number of rotatable bonds is 2. The van der Waals surface area contributed by atoms with Crippen molar-refractivity contribution in [2.24, 2.45) is 5.73 Å². The molecule has 3 heteroatoms. The first-order valence-electron chi connectivity index (χ1n) is 6.86. The van der Waals surface area contributed by atoms with Gasteiger partial charge >= 0.3 is 0 Å². The van der Waals surface area contributed by atoms with Crippen molar-refractivity contribution in [3.8, 4) is 5.75 Å². The normalized spacial score (nSPS) is 21.4. The van der Waals surface area contributed by atoms with Gasteiger partial charge < -0.3 is 10.5 Å². The van der Waals surface area contributed by atoms with Gasteiger partial charge in [0.05, 0.1) is 12.6 Å². The van der Waals surface area contributed by atoms with E-state index >= 15 is 0 Å². The Morgan fingerprint density at radius 3 is 2.60 bits per heavy atom. The van der Waals surface area contributed by atoms with Crippen LogP contribution in [0, 0.1) is 0 Å². The highest BCUT2D eigenvalue weighted by Gasteiger charge is 2.34. The molecule has 20 heavy (non-hydrogen) atoms. The number of fused-ring (bicyclic) bond motifs is 1. The largest absolute Gasteiger partial charge is 0.497 e. The standard InChI is InChI=1S/C17H18ClNO/c1-20-15-9-4-12-3-2-10-17(19,16(12)11-15)13-5-7-14(18)8-6-13/h4-9,11H,2-3,10,19H2,1H3. The molecule has 0 aromatic heterocycles. The van der Waals surface area contributed by atoms with Crippen LogP contribution in [-0.2, 0) is 12.0 Å². The second kappa shape index (κ2) is 5.12. The first-order chi connectivity index (χ1) is 9.63. The van der Waals surface area contributed by atoms with Crippen LogP contribution in [0.1, 0.15) is 29.5 Å². The molecular weight excluding hydrogens is 270 g/mol. The van der Waals surface area contributed by atoms with Crippen molar-refractivity contribution >= 4 is 11.6 Å². The third-order valence-corrected chi connectivity index (χ3v) is 4.43. The van der Waals surface area contributed by atoms with Gasteiger partial charge in [-0.1, -0.05) is 29.8 Å². The zero-order valence-corrected chi connectivity index (χ0v) is 12.3. The molecule has 1 atom stereocenters. The predicted octanol–water partition coefficient (Wildman–Crippen LogP) is 3.89. The molecule has 2 N–H and O–H groups in total. The molecule has 0 aliphatic heterocycles. The summed E-state index contributed by atoms with van der Waals surface area (Å²) >= 11 is 5.98. The van der Waals surface area contributed by atoms with E-state index in [1.54, 1.807) is 7.11 Å². The molecule has 104 valence electrons. The Morgan fingerprint density at radius 2 is 1.90 bits per heavy atom. The summed E-state index contributed by atoms with van der Waals surface area (Å²) in [6.45, 7) is 0. The number of methoxy groups -OCH3 is 1. The van der Waals surface area contributed by atoms with E-state index in [0.29, 0.717) is 0 Å². The van der Waals surface area contributed by atoms with Crippen LogP contribution >= 0.6 is 11.6 Å². The molecule has 0 radical (unpaired) electrons. The van der Waals surface area contributed by atoms with Crippen LogP contribution in [0.3, 0.4) is 0 Å². The highest BCUT2D eigenvalue weighted by molar-refractivity contribution is 6.30. The molecule has 0 saturated carbocycles. The Hall–Kier alpha value is -1.51. The summed E-state index contributed by atoms with van der Waals surface area (Å²) in [5.74, 6) is 0.856. The summed E-state index contributed by atoms with van der Waals surface area (Å²) < 4.78 is 5.35. The van der Waals surface area contributed by atoms with Crippen molar-refractivity contribution in [3.05, 3.63) is 64.2 Å². The van der Waals surface area contributed by atoms with E-state index in [4.69, 9.17) is 22.1 Å². The Labute approximate surface area is 124 Å². The van der Waals surface area contributed by atoms with Gasteiger partial charge in [0.15, 0.2) is 0 Å². The predicted molar refractivity (Wildman–Crippen MR) is 82.4 cm³/mol. The second-order valence-corrected chi connectivity index (χ2v) is 5.79. The maximum atomic E-state index is 6.77. The van der Waals surface area contributed by atoms with E-state index in [1.165, 1.54) is 11.1 Å². The Balaban J connectivity index is 2.13. The highest BCUT2D eigenvalue weighted by atomic mass is 35.5. The summed E-state index contributed by atoms with van der Waals surface area (Å²) in [5, 5.41) is 0.735. The van der Waals surface area contributed by atoms with Gasteiger partial charge in [-0.2, -0.15) is 0 Å². The van der Waals surface area contributed by atoms with Crippen molar-refractivity contribution in [1.82, 2.24) is 0 Å². The van der Waals surface area contributed by atoms with Crippen molar-refractivity contribution in [1.29, 1.82) is 0 Å². The van der Waals surface area contributed by atoms with Crippen molar-refractivity contribution in [3.63, 3.8) is 0 Å². The molecule has 2 aromatic rings.